The average molecular weight is 254 g/mol. The summed E-state index contributed by atoms with van der Waals surface area (Å²) >= 11 is 0. The number of nitrogens with one attached hydrogen (secondary N) is 2. The Bertz CT molecular complexity index is 507. The minimum absolute atomic E-state index is 0.217. The van der Waals surface area contributed by atoms with Gasteiger partial charge >= 0.3 is 0 Å². The van der Waals surface area contributed by atoms with Crippen molar-refractivity contribution < 1.29 is 13.6 Å². The topological polar surface area (TPSA) is 62.7 Å². The van der Waals surface area contributed by atoms with Crippen LogP contribution in [0.4, 0.5) is 8.78 Å². The van der Waals surface area contributed by atoms with Gasteiger partial charge in [0.05, 0.1) is 25.1 Å². The zero-order valence-electron chi connectivity index (χ0n) is 9.44. The van der Waals surface area contributed by atoms with Crippen molar-refractivity contribution in [2.45, 2.75) is 19.5 Å². The van der Waals surface area contributed by atoms with E-state index in [4.69, 9.17) is 0 Å². The molecule has 0 aliphatic rings. The summed E-state index contributed by atoms with van der Waals surface area (Å²) in [6.07, 6.45) is 2.05. The highest BCUT2D eigenvalue weighted by atomic mass is 19.3. The summed E-state index contributed by atoms with van der Waals surface area (Å²) in [4.78, 5) is 18.4. The van der Waals surface area contributed by atoms with Gasteiger partial charge in [-0.25, -0.2) is 13.8 Å². The van der Waals surface area contributed by atoms with E-state index in [1.165, 1.54) is 23.2 Å². The summed E-state index contributed by atoms with van der Waals surface area (Å²) in [5.41, 5.74) is 0.963. The number of aromatic nitrogens is 3. The summed E-state index contributed by atoms with van der Waals surface area (Å²) in [6, 6.07) is 3.07. The largest absolute Gasteiger partial charge is 0.347 e. The number of carbonyl (C=O) groups is 1. The van der Waals surface area contributed by atoms with Crippen LogP contribution in [-0.4, -0.2) is 26.9 Å². The van der Waals surface area contributed by atoms with Crippen molar-refractivity contribution in [1.82, 2.24) is 19.9 Å². The third-order valence-electron chi connectivity index (χ3n) is 2.39. The first-order chi connectivity index (χ1) is 8.66. The molecule has 2 aromatic rings. The molecule has 0 fully saturated rings. The molecule has 0 radical (unpaired) electrons. The number of hydrogen-bond donors (Lipinski definition) is 2. The van der Waals surface area contributed by atoms with Crippen LogP contribution in [-0.2, 0) is 13.1 Å². The molecule has 0 bridgehead atoms. The molecule has 2 N–H and O–H groups in total. The molecule has 0 saturated carbocycles. The molecule has 0 aromatic carbocycles. The molecule has 18 heavy (non-hydrogen) atoms. The van der Waals surface area contributed by atoms with Crippen LogP contribution in [0.25, 0.3) is 0 Å². The normalized spacial score (nSPS) is 10.8. The third kappa shape index (κ3) is 2.93. The molecular weight excluding hydrogens is 242 g/mol. The van der Waals surface area contributed by atoms with Crippen LogP contribution in [0.5, 0.6) is 0 Å². The molecular formula is C11H12F2N4O. The first kappa shape index (κ1) is 12.3. The highest BCUT2D eigenvalue weighted by molar-refractivity contribution is 5.92. The highest BCUT2D eigenvalue weighted by Gasteiger charge is 2.13. The van der Waals surface area contributed by atoms with Gasteiger partial charge in [0.1, 0.15) is 5.69 Å². The molecule has 0 aliphatic carbocycles. The highest BCUT2D eigenvalue weighted by Crippen LogP contribution is 2.06. The number of imidazole rings is 1. The lowest BCUT2D eigenvalue weighted by Gasteiger charge is -2.08. The fourth-order valence-corrected chi connectivity index (χ4v) is 1.58. The number of halogens is 2. The maximum atomic E-state index is 12.3. The van der Waals surface area contributed by atoms with E-state index < -0.39 is 18.9 Å². The van der Waals surface area contributed by atoms with E-state index in [1.54, 1.807) is 12.3 Å². The van der Waals surface area contributed by atoms with Gasteiger partial charge in [-0.3, -0.25) is 4.79 Å². The Kier molecular flexibility index (Phi) is 3.71. The molecule has 2 rings (SSSR count). The van der Waals surface area contributed by atoms with Gasteiger partial charge in [-0.15, -0.1) is 0 Å². The molecule has 96 valence electrons. The molecule has 2 aromatic heterocycles. The third-order valence-corrected chi connectivity index (χ3v) is 2.39. The molecule has 0 saturated heterocycles. The smallest absolute Gasteiger partial charge is 0.268 e. The summed E-state index contributed by atoms with van der Waals surface area (Å²) in [6.45, 7) is -0.210. The van der Waals surface area contributed by atoms with Gasteiger partial charge in [-0.1, -0.05) is 0 Å². The molecule has 0 unspecified atom stereocenters. The maximum Gasteiger partial charge on any atom is 0.268 e. The van der Waals surface area contributed by atoms with Crippen molar-refractivity contribution in [3.05, 3.63) is 42.2 Å². The van der Waals surface area contributed by atoms with Gasteiger partial charge in [-0.2, -0.15) is 0 Å². The molecule has 0 aliphatic heterocycles. The van der Waals surface area contributed by atoms with E-state index in [-0.39, 0.29) is 12.2 Å². The van der Waals surface area contributed by atoms with E-state index in [1.807, 2.05) is 0 Å². The first-order valence-corrected chi connectivity index (χ1v) is 5.35. The quantitative estimate of drug-likeness (QED) is 0.847. The predicted molar refractivity (Wildman–Crippen MR) is 60.2 cm³/mol. The number of nitrogens with zero attached hydrogens (tertiary/aromatic N) is 2. The molecule has 0 atom stereocenters. The summed E-state index contributed by atoms with van der Waals surface area (Å²) < 4.78 is 25.8. The molecule has 2 heterocycles. The van der Waals surface area contributed by atoms with Crippen LogP contribution >= 0.6 is 0 Å². The Morgan fingerprint density at radius 3 is 3.06 bits per heavy atom. The summed E-state index contributed by atoms with van der Waals surface area (Å²) in [5, 5.41) is 2.63. The van der Waals surface area contributed by atoms with Gasteiger partial charge in [0.25, 0.3) is 12.3 Å². The van der Waals surface area contributed by atoms with Gasteiger partial charge in [-0.05, 0) is 12.1 Å². The lowest BCUT2D eigenvalue weighted by Crippen LogP contribution is -2.26. The number of aromatic amines is 1. The SMILES string of the molecule is O=C(NCc1cnc[nH]1)c1cccn1CC(F)F. The Labute approximate surface area is 102 Å². The minimum Gasteiger partial charge on any atom is -0.347 e. The molecule has 7 heteroatoms. The second-order valence-electron chi connectivity index (χ2n) is 3.70. The van der Waals surface area contributed by atoms with Crippen molar-refractivity contribution in [3.63, 3.8) is 0 Å². The van der Waals surface area contributed by atoms with Crippen LogP contribution in [0, 0.1) is 0 Å². The van der Waals surface area contributed by atoms with E-state index in [0.717, 1.165) is 5.69 Å². The number of hydrogen-bond acceptors (Lipinski definition) is 2. The maximum absolute atomic E-state index is 12.3. The van der Waals surface area contributed by atoms with Gasteiger partial charge in [0, 0.05) is 12.4 Å². The number of carbonyl (C=O) groups excluding carboxylic acids is 1. The zero-order valence-corrected chi connectivity index (χ0v) is 9.44. The Balaban J connectivity index is 1.98. The van der Waals surface area contributed by atoms with E-state index in [9.17, 15) is 13.6 Å². The number of H-pyrrole nitrogens is 1. The fraction of sp³-hybridized carbons (Fsp3) is 0.273. The average Bonchev–Trinajstić information content (AvgIpc) is 2.95. The van der Waals surface area contributed by atoms with Crippen LogP contribution in [0.2, 0.25) is 0 Å². The van der Waals surface area contributed by atoms with Gasteiger partial charge < -0.3 is 14.9 Å². The van der Waals surface area contributed by atoms with Crippen LogP contribution in [0.3, 0.4) is 0 Å². The summed E-state index contributed by atoms with van der Waals surface area (Å²) in [5.74, 6) is -0.393. The van der Waals surface area contributed by atoms with Crippen molar-refractivity contribution in [3.8, 4) is 0 Å². The molecule has 1 amide bonds. The number of rotatable bonds is 5. The van der Waals surface area contributed by atoms with Gasteiger partial charge in [0.15, 0.2) is 0 Å². The second kappa shape index (κ2) is 5.44. The lowest BCUT2D eigenvalue weighted by atomic mass is 10.3. The number of alkyl halides is 2. The molecule has 0 spiro atoms. The van der Waals surface area contributed by atoms with Crippen molar-refractivity contribution >= 4 is 5.91 Å². The second-order valence-corrected chi connectivity index (χ2v) is 3.70. The van der Waals surface area contributed by atoms with E-state index in [2.05, 4.69) is 15.3 Å². The Morgan fingerprint density at radius 2 is 2.39 bits per heavy atom. The van der Waals surface area contributed by atoms with Crippen LogP contribution < -0.4 is 5.32 Å². The standard InChI is InChI=1S/C11H12F2N4O/c12-10(13)6-17-3-1-2-9(17)11(18)15-5-8-4-14-7-16-8/h1-4,7,10H,5-6H2,(H,14,16)(H,15,18). The number of amides is 1. The molecule has 5 nitrogen and oxygen atoms in total. The lowest BCUT2D eigenvalue weighted by molar-refractivity contribution is 0.0927. The fourth-order valence-electron chi connectivity index (χ4n) is 1.58. The zero-order chi connectivity index (χ0) is 13.0. The first-order valence-electron chi connectivity index (χ1n) is 5.35. The van der Waals surface area contributed by atoms with E-state index >= 15 is 0 Å². The van der Waals surface area contributed by atoms with Gasteiger partial charge in [0.2, 0.25) is 0 Å². The van der Waals surface area contributed by atoms with Crippen LogP contribution in [0.15, 0.2) is 30.9 Å². The summed E-state index contributed by atoms with van der Waals surface area (Å²) in [7, 11) is 0. The minimum atomic E-state index is -2.49. The Morgan fingerprint density at radius 1 is 1.56 bits per heavy atom. The van der Waals surface area contributed by atoms with Crippen molar-refractivity contribution in [2.75, 3.05) is 0 Å². The van der Waals surface area contributed by atoms with Crippen LogP contribution in [0.1, 0.15) is 16.2 Å². The monoisotopic (exact) mass is 254 g/mol. The van der Waals surface area contributed by atoms with Crippen molar-refractivity contribution in [2.24, 2.45) is 0 Å². The van der Waals surface area contributed by atoms with Crippen molar-refractivity contribution in [1.29, 1.82) is 0 Å². The Hall–Kier alpha value is -2.18. The van der Waals surface area contributed by atoms with E-state index in [0.29, 0.717) is 0 Å². The predicted octanol–water partition coefficient (Wildman–Crippen LogP) is 1.41.